The van der Waals surface area contributed by atoms with E-state index in [1.165, 1.54) is 7.11 Å². The minimum Gasteiger partial charge on any atom is -0.465 e. The highest BCUT2D eigenvalue weighted by atomic mass is 35.5. The molecule has 1 amide bonds. The predicted molar refractivity (Wildman–Crippen MR) is 123 cm³/mol. The van der Waals surface area contributed by atoms with Crippen LogP contribution in [0.5, 0.6) is 0 Å². The second kappa shape index (κ2) is 9.99. The highest BCUT2D eigenvalue weighted by Crippen LogP contribution is 2.26. The number of amides is 1. The van der Waals surface area contributed by atoms with Gasteiger partial charge in [-0.15, -0.1) is 0 Å². The van der Waals surface area contributed by atoms with E-state index in [2.05, 4.69) is 5.32 Å². The smallest absolute Gasteiger partial charge is 0.339 e. The third-order valence-electron chi connectivity index (χ3n) is 5.05. The van der Waals surface area contributed by atoms with Crippen LogP contribution in [0.25, 0.3) is 11.8 Å². The van der Waals surface area contributed by atoms with Crippen LogP contribution < -0.4 is 5.32 Å². The second-order valence-corrected chi connectivity index (χ2v) is 7.56. The molecular weight excluding hydrogens is 426 g/mol. The molecule has 1 heterocycles. The summed E-state index contributed by atoms with van der Waals surface area (Å²) in [5.41, 5.74) is 4.45. The number of nitriles is 1. The molecule has 2 aromatic carbocycles. The van der Waals surface area contributed by atoms with Gasteiger partial charge >= 0.3 is 5.97 Å². The van der Waals surface area contributed by atoms with Crippen molar-refractivity contribution >= 4 is 29.6 Å². The number of aromatic nitrogens is 1. The van der Waals surface area contributed by atoms with Gasteiger partial charge in [0, 0.05) is 23.6 Å². The third kappa shape index (κ3) is 4.90. The summed E-state index contributed by atoms with van der Waals surface area (Å²) >= 11 is 6.28. The normalized spacial score (nSPS) is 11.0. The van der Waals surface area contributed by atoms with E-state index < -0.39 is 11.9 Å². The first-order valence-corrected chi connectivity index (χ1v) is 10.2. The number of nitrogens with one attached hydrogen (secondary N) is 1. The Bertz CT molecular complexity index is 1240. The number of carbonyl (C=O) groups is 2. The predicted octanol–water partition coefficient (Wildman–Crippen LogP) is 4.76. The average Bonchev–Trinajstić information content (AvgIpc) is 3.08. The summed E-state index contributed by atoms with van der Waals surface area (Å²) < 4.78 is 6.67. The first-order chi connectivity index (χ1) is 15.3. The van der Waals surface area contributed by atoms with Gasteiger partial charge in [0.1, 0.15) is 11.6 Å². The number of rotatable bonds is 6. The Hall–Kier alpha value is -3.82. The molecule has 32 heavy (non-hydrogen) atoms. The van der Waals surface area contributed by atoms with E-state index >= 15 is 0 Å². The Balaban J connectivity index is 1.88. The Kier molecular flexibility index (Phi) is 7.14. The number of hydrogen-bond donors (Lipinski definition) is 1. The van der Waals surface area contributed by atoms with Gasteiger partial charge in [-0.3, -0.25) is 4.79 Å². The molecule has 3 rings (SSSR count). The quantitative estimate of drug-likeness (QED) is 0.335. The lowest BCUT2D eigenvalue weighted by molar-refractivity contribution is -0.117. The van der Waals surface area contributed by atoms with Crippen LogP contribution in [0.3, 0.4) is 0 Å². The largest absolute Gasteiger partial charge is 0.465 e. The molecule has 1 N–H and O–H groups in total. The molecule has 0 unspecified atom stereocenters. The number of hydrogen-bond acceptors (Lipinski definition) is 4. The van der Waals surface area contributed by atoms with Crippen molar-refractivity contribution < 1.29 is 14.3 Å². The lowest BCUT2D eigenvalue weighted by atomic mass is 10.1. The number of nitrogens with zero attached hydrogens (tertiary/aromatic N) is 2. The SMILES string of the molecule is COC(=O)c1ccc(-n2c(C)cc(/C=C(/C#N)C(=O)NCc3ccccc3)c2C)cc1Cl. The molecule has 162 valence electrons. The van der Waals surface area contributed by atoms with Crippen LogP contribution >= 0.6 is 11.6 Å². The first kappa shape index (κ1) is 22.9. The molecule has 0 spiro atoms. The van der Waals surface area contributed by atoms with Gasteiger partial charge in [0.05, 0.1) is 17.7 Å². The summed E-state index contributed by atoms with van der Waals surface area (Å²) in [4.78, 5) is 24.3. The van der Waals surface area contributed by atoms with E-state index in [9.17, 15) is 14.9 Å². The van der Waals surface area contributed by atoms with Gasteiger partial charge < -0.3 is 14.6 Å². The summed E-state index contributed by atoms with van der Waals surface area (Å²) in [6, 6.07) is 18.4. The van der Waals surface area contributed by atoms with Crippen molar-refractivity contribution in [3.63, 3.8) is 0 Å². The number of esters is 1. The highest BCUT2D eigenvalue weighted by Gasteiger charge is 2.16. The van der Waals surface area contributed by atoms with E-state index in [0.29, 0.717) is 6.54 Å². The molecule has 1 aromatic heterocycles. The summed E-state index contributed by atoms with van der Waals surface area (Å²) in [6.07, 6.45) is 1.57. The fourth-order valence-electron chi connectivity index (χ4n) is 3.43. The Morgan fingerprint density at radius 3 is 2.50 bits per heavy atom. The molecule has 0 bridgehead atoms. The third-order valence-corrected chi connectivity index (χ3v) is 5.36. The van der Waals surface area contributed by atoms with Crippen molar-refractivity contribution in [1.82, 2.24) is 9.88 Å². The van der Waals surface area contributed by atoms with Crippen molar-refractivity contribution in [2.45, 2.75) is 20.4 Å². The van der Waals surface area contributed by atoms with Crippen LogP contribution in [0, 0.1) is 25.2 Å². The number of carbonyl (C=O) groups excluding carboxylic acids is 2. The summed E-state index contributed by atoms with van der Waals surface area (Å²) in [6.45, 7) is 4.13. The van der Waals surface area contributed by atoms with Crippen LogP contribution in [0.4, 0.5) is 0 Å². The zero-order valence-electron chi connectivity index (χ0n) is 18.0. The van der Waals surface area contributed by atoms with Gasteiger partial charge in [0.2, 0.25) is 0 Å². The summed E-state index contributed by atoms with van der Waals surface area (Å²) in [5, 5.41) is 12.6. The Morgan fingerprint density at radius 2 is 1.88 bits per heavy atom. The molecule has 0 aliphatic heterocycles. The molecule has 0 aliphatic rings. The zero-order valence-corrected chi connectivity index (χ0v) is 18.7. The van der Waals surface area contributed by atoms with Gasteiger partial charge in [-0.05, 0) is 55.3 Å². The van der Waals surface area contributed by atoms with Crippen LogP contribution in [0.15, 0.2) is 60.2 Å². The summed E-state index contributed by atoms with van der Waals surface area (Å²) in [7, 11) is 1.30. The van der Waals surface area contributed by atoms with Crippen LogP contribution in [-0.4, -0.2) is 23.6 Å². The average molecular weight is 448 g/mol. The monoisotopic (exact) mass is 447 g/mol. The standard InChI is InChI=1S/C25H22ClN3O3/c1-16-11-19(12-20(14-27)24(30)28-15-18-7-5-4-6-8-18)17(2)29(16)21-9-10-22(23(26)13-21)25(31)32-3/h4-13H,15H2,1-3H3,(H,28,30)/b20-12-. The molecule has 0 radical (unpaired) electrons. The summed E-state index contributed by atoms with van der Waals surface area (Å²) in [5.74, 6) is -0.946. The van der Waals surface area contributed by atoms with Gasteiger partial charge in [0.25, 0.3) is 5.91 Å². The van der Waals surface area contributed by atoms with Crippen LogP contribution in [-0.2, 0) is 16.1 Å². The number of methoxy groups -OCH3 is 1. The molecule has 0 saturated carbocycles. The van der Waals surface area contributed by atoms with Gasteiger partial charge in [-0.2, -0.15) is 5.26 Å². The lowest BCUT2D eigenvalue weighted by Crippen LogP contribution is -2.23. The van der Waals surface area contributed by atoms with Crippen LogP contribution in [0.1, 0.15) is 32.9 Å². The van der Waals surface area contributed by atoms with E-state index in [4.69, 9.17) is 16.3 Å². The van der Waals surface area contributed by atoms with Gasteiger partial charge in [-0.1, -0.05) is 41.9 Å². The fourth-order valence-corrected chi connectivity index (χ4v) is 3.68. The maximum atomic E-state index is 12.5. The molecule has 0 aliphatic carbocycles. The number of halogens is 1. The number of ether oxygens (including phenoxy) is 1. The second-order valence-electron chi connectivity index (χ2n) is 7.16. The minimum absolute atomic E-state index is 0.0141. The maximum Gasteiger partial charge on any atom is 0.339 e. The zero-order chi connectivity index (χ0) is 23.3. The van der Waals surface area contributed by atoms with Gasteiger partial charge in [0.15, 0.2) is 0 Å². The topological polar surface area (TPSA) is 84.1 Å². The number of aryl methyl sites for hydroxylation is 1. The number of benzene rings is 2. The van der Waals surface area contributed by atoms with E-state index in [1.54, 1.807) is 24.3 Å². The Labute approximate surface area is 191 Å². The molecule has 0 saturated heterocycles. The Morgan fingerprint density at radius 1 is 1.16 bits per heavy atom. The first-order valence-electron chi connectivity index (χ1n) is 9.86. The van der Waals surface area contributed by atoms with Crippen molar-refractivity contribution in [1.29, 1.82) is 5.26 Å². The lowest BCUT2D eigenvalue weighted by Gasteiger charge is -2.12. The van der Waals surface area contributed by atoms with Crippen LogP contribution in [0.2, 0.25) is 5.02 Å². The highest BCUT2D eigenvalue weighted by molar-refractivity contribution is 6.33. The van der Waals surface area contributed by atoms with Gasteiger partial charge in [-0.25, -0.2) is 4.79 Å². The van der Waals surface area contributed by atoms with Crippen molar-refractivity contribution in [2.75, 3.05) is 7.11 Å². The van der Waals surface area contributed by atoms with Crippen molar-refractivity contribution in [2.24, 2.45) is 0 Å². The molecule has 0 atom stereocenters. The van der Waals surface area contributed by atoms with E-state index in [0.717, 1.165) is 28.2 Å². The molecule has 3 aromatic rings. The minimum atomic E-state index is -0.508. The maximum absolute atomic E-state index is 12.5. The molecule has 6 nitrogen and oxygen atoms in total. The van der Waals surface area contributed by atoms with Crippen molar-refractivity contribution in [3.8, 4) is 11.8 Å². The van der Waals surface area contributed by atoms with E-state index in [-0.39, 0.29) is 16.2 Å². The molecule has 0 fully saturated rings. The molecular formula is C25H22ClN3O3. The van der Waals surface area contributed by atoms with Crippen molar-refractivity contribution in [3.05, 3.63) is 93.3 Å². The fraction of sp³-hybridized carbons (Fsp3) is 0.160. The van der Waals surface area contributed by atoms with E-state index in [1.807, 2.05) is 60.9 Å². The molecule has 7 heteroatoms.